The Bertz CT molecular complexity index is 342. The van der Waals surface area contributed by atoms with E-state index in [0.29, 0.717) is 0 Å². The van der Waals surface area contributed by atoms with Gasteiger partial charge in [0.05, 0.1) is 0 Å². The first kappa shape index (κ1) is 13.8. The topological polar surface area (TPSA) is 77.8 Å². The molecule has 1 aromatic carbocycles. The van der Waals surface area contributed by atoms with Gasteiger partial charge in [-0.05, 0) is 31.2 Å². The highest BCUT2D eigenvalue weighted by atomic mass is 16.4. The van der Waals surface area contributed by atoms with Crippen LogP contribution >= 0.6 is 0 Å². The molecule has 0 aliphatic rings. The van der Waals surface area contributed by atoms with Crippen LogP contribution in [0.3, 0.4) is 0 Å². The number of carboxylic acid groups (broad SMARTS) is 1. The molecule has 0 aliphatic carbocycles. The minimum atomic E-state index is -0.914. The zero-order chi connectivity index (χ0) is 12.4. The van der Waals surface area contributed by atoms with Crippen molar-refractivity contribution in [1.82, 2.24) is 0 Å². The first-order valence-electron chi connectivity index (χ1n) is 4.56. The van der Waals surface area contributed by atoms with Crippen LogP contribution in [0.1, 0.15) is 6.92 Å². The van der Waals surface area contributed by atoms with Crippen molar-refractivity contribution in [2.75, 3.05) is 0 Å². The second-order valence-electron chi connectivity index (χ2n) is 2.74. The van der Waals surface area contributed by atoms with Crippen LogP contribution in [0.25, 0.3) is 0 Å². The number of phenols is 2. The van der Waals surface area contributed by atoms with Crippen molar-refractivity contribution in [3.63, 3.8) is 0 Å². The van der Waals surface area contributed by atoms with Crippen LogP contribution < -0.4 is 0 Å². The van der Waals surface area contributed by atoms with Crippen LogP contribution in [0, 0.1) is 0 Å². The number of hydrogen-bond donors (Lipinski definition) is 3. The molecule has 0 unspecified atom stereocenters. The number of aliphatic carboxylic acids is 1. The number of phenolic OH excluding ortho intramolecular Hbond substituents is 2. The molecule has 0 saturated heterocycles. The Labute approximate surface area is 93.8 Å². The van der Waals surface area contributed by atoms with Gasteiger partial charge in [-0.15, -0.1) is 0 Å². The van der Waals surface area contributed by atoms with E-state index >= 15 is 0 Å². The smallest absolute Gasteiger partial charge is 0.328 e. The molecule has 0 bridgehead atoms. The molecule has 0 radical (unpaired) electrons. The van der Waals surface area contributed by atoms with Crippen molar-refractivity contribution in [2.24, 2.45) is 0 Å². The third kappa shape index (κ3) is 8.37. The molecule has 0 aromatic heterocycles. The summed E-state index contributed by atoms with van der Waals surface area (Å²) in [7, 11) is 0. The van der Waals surface area contributed by atoms with Crippen molar-refractivity contribution in [2.45, 2.75) is 6.92 Å². The normalized spacial score (nSPS) is 10.1. The van der Waals surface area contributed by atoms with Crippen LogP contribution in [-0.2, 0) is 4.79 Å². The lowest BCUT2D eigenvalue weighted by molar-refractivity contribution is -0.131. The summed E-state index contributed by atoms with van der Waals surface area (Å²) in [6, 6.07) is 5.70. The molecule has 0 spiro atoms. The van der Waals surface area contributed by atoms with Gasteiger partial charge in [-0.3, -0.25) is 0 Å². The molecule has 0 aliphatic heterocycles. The van der Waals surface area contributed by atoms with Crippen molar-refractivity contribution < 1.29 is 20.1 Å². The van der Waals surface area contributed by atoms with E-state index in [4.69, 9.17) is 15.3 Å². The molecule has 4 heteroatoms. The highest BCUT2D eigenvalue weighted by Gasteiger charge is 1.84. The SMILES string of the molecule is CC=CC=CC(=O)O.Oc1ccc(O)cc1. The largest absolute Gasteiger partial charge is 0.508 e. The quantitative estimate of drug-likeness (QED) is 0.407. The molecule has 1 aromatic rings. The van der Waals surface area contributed by atoms with E-state index in [9.17, 15) is 4.79 Å². The van der Waals surface area contributed by atoms with E-state index in [1.165, 1.54) is 30.3 Å². The van der Waals surface area contributed by atoms with Crippen LogP contribution in [-0.4, -0.2) is 21.3 Å². The zero-order valence-electron chi connectivity index (χ0n) is 8.87. The number of benzene rings is 1. The summed E-state index contributed by atoms with van der Waals surface area (Å²) in [6.45, 7) is 1.83. The van der Waals surface area contributed by atoms with Crippen LogP contribution in [0.4, 0.5) is 0 Å². The second kappa shape index (κ2) is 8.11. The number of carbonyl (C=O) groups is 1. The van der Waals surface area contributed by atoms with E-state index in [1.54, 1.807) is 12.2 Å². The van der Waals surface area contributed by atoms with Crippen molar-refractivity contribution in [3.8, 4) is 11.5 Å². The minimum absolute atomic E-state index is 0.169. The second-order valence-corrected chi connectivity index (χ2v) is 2.74. The number of carboxylic acids is 1. The molecule has 3 N–H and O–H groups in total. The average molecular weight is 222 g/mol. The lowest BCUT2D eigenvalue weighted by Gasteiger charge is -1.88. The third-order valence-electron chi connectivity index (χ3n) is 1.39. The number of rotatable bonds is 2. The average Bonchev–Trinajstić information content (AvgIpc) is 2.23. The van der Waals surface area contributed by atoms with E-state index in [1.807, 2.05) is 6.92 Å². The molecular formula is C12H14O4. The monoisotopic (exact) mass is 222 g/mol. The van der Waals surface area contributed by atoms with Gasteiger partial charge in [-0.2, -0.15) is 0 Å². The van der Waals surface area contributed by atoms with E-state index in [0.717, 1.165) is 6.08 Å². The zero-order valence-corrected chi connectivity index (χ0v) is 8.87. The lowest BCUT2D eigenvalue weighted by Crippen LogP contribution is -1.83. The molecule has 1 rings (SSSR count). The van der Waals surface area contributed by atoms with Gasteiger partial charge >= 0.3 is 5.97 Å². The Morgan fingerprint density at radius 2 is 1.50 bits per heavy atom. The summed E-state index contributed by atoms with van der Waals surface area (Å²) in [4.78, 5) is 9.75. The first-order valence-corrected chi connectivity index (χ1v) is 4.56. The highest BCUT2D eigenvalue weighted by Crippen LogP contribution is 2.13. The Morgan fingerprint density at radius 3 is 1.81 bits per heavy atom. The fraction of sp³-hybridized carbons (Fsp3) is 0.0833. The molecule has 0 amide bonds. The summed E-state index contributed by atoms with van der Waals surface area (Å²) in [5.41, 5.74) is 0. The Hall–Kier alpha value is -2.23. The number of allylic oxidation sites excluding steroid dienone is 3. The standard InChI is InChI=1S/C6H6O2.C6H8O2/c7-5-1-2-6(8)4-3-5;1-2-3-4-5-6(7)8/h1-4,7-8H;2-5H,1H3,(H,7,8). The molecule has 0 saturated carbocycles. The van der Waals surface area contributed by atoms with E-state index in [-0.39, 0.29) is 11.5 Å². The van der Waals surface area contributed by atoms with Crippen LogP contribution in [0.15, 0.2) is 48.6 Å². The van der Waals surface area contributed by atoms with Gasteiger partial charge in [-0.1, -0.05) is 18.2 Å². The highest BCUT2D eigenvalue weighted by molar-refractivity contribution is 5.80. The fourth-order valence-corrected chi connectivity index (χ4v) is 0.702. The van der Waals surface area contributed by atoms with Gasteiger partial charge in [0, 0.05) is 6.08 Å². The van der Waals surface area contributed by atoms with Gasteiger partial charge in [0.2, 0.25) is 0 Å². The summed E-state index contributed by atoms with van der Waals surface area (Å²) >= 11 is 0. The Kier molecular flexibility index (Phi) is 6.98. The molecule has 0 atom stereocenters. The summed E-state index contributed by atoms with van der Waals surface area (Å²) in [5.74, 6) is -0.575. The van der Waals surface area contributed by atoms with Gasteiger partial charge < -0.3 is 15.3 Å². The fourth-order valence-electron chi connectivity index (χ4n) is 0.702. The van der Waals surface area contributed by atoms with Crippen molar-refractivity contribution in [3.05, 3.63) is 48.6 Å². The lowest BCUT2D eigenvalue weighted by atomic mass is 10.3. The van der Waals surface area contributed by atoms with Gasteiger partial charge in [-0.25, -0.2) is 4.79 Å². The van der Waals surface area contributed by atoms with Crippen LogP contribution in [0.2, 0.25) is 0 Å². The molecular weight excluding hydrogens is 208 g/mol. The number of hydrogen-bond acceptors (Lipinski definition) is 3. The predicted molar refractivity (Wildman–Crippen MR) is 61.4 cm³/mol. The summed E-state index contributed by atoms with van der Waals surface area (Å²) in [6.07, 6.45) is 5.98. The first-order chi connectivity index (χ1) is 7.56. The maximum atomic E-state index is 9.75. The van der Waals surface area contributed by atoms with Crippen molar-refractivity contribution in [1.29, 1.82) is 0 Å². The van der Waals surface area contributed by atoms with E-state index in [2.05, 4.69) is 0 Å². The van der Waals surface area contributed by atoms with Crippen LogP contribution in [0.5, 0.6) is 11.5 Å². The predicted octanol–water partition coefficient (Wildman–Crippen LogP) is 2.30. The number of aromatic hydroxyl groups is 2. The van der Waals surface area contributed by atoms with Gasteiger partial charge in [0.25, 0.3) is 0 Å². The molecule has 0 fully saturated rings. The Morgan fingerprint density at radius 1 is 1.06 bits per heavy atom. The minimum Gasteiger partial charge on any atom is -0.508 e. The summed E-state index contributed by atoms with van der Waals surface area (Å²) in [5, 5.41) is 25.3. The molecule has 0 heterocycles. The van der Waals surface area contributed by atoms with Gasteiger partial charge in [0.1, 0.15) is 11.5 Å². The third-order valence-corrected chi connectivity index (χ3v) is 1.39. The molecule has 16 heavy (non-hydrogen) atoms. The maximum Gasteiger partial charge on any atom is 0.328 e. The Balaban J connectivity index is 0.000000281. The molecule has 86 valence electrons. The van der Waals surface area contributed by atoms with E-state index < -0.39 is 5.97 Å². The summed E-state index contributed by atoms with van der Waals surface area (Å²) < 4.78 is 0. The maximum absolute atomic E-state index is 9.75. The molecule has 4 nitrogen and oxygen atoms in total. The van der Waals surface area contributed by atoms with Gasteiger partial charge in [0.15, 0.2) is 0 Å². The van der Waals surface area contributed by atoms with Crippen molar-refractivity contribution >= 4 is 5.97 Å².